The molecule has 2 aromatic rings. The Morgan fingerprint density at radius 2 is 2.00 bits per heavy atom. The predicted molar refractivity (Wildman–Crippen MR) is 86.9 cm³/mol. The molecule has 22 heavy (non-hydrogen) atoms. The van der Waals surface area contributed by atoms with Gasteiger partial charge in [-0.25, -0.2) is 4.39 Å². The topological polar surface area (TPSA) is 23.6 Å². The Morgan fingerprint density at radius 1 is 1.23 bits per heavy atom. The molecule has 0 unspecified atom stereocenters. The lowest BCUT2D eigenvalue weighted by atomic mass is 10.2. The Kier molecular flexibility index (Phi) is 4.76. The maximum Gasteiger partial charge on any atom is 0.264 e. The van der Waals surface area contributed by atoms with Crippen molar-refractivity contribution in [3.63, 3.8) is 0 Å². The molecule has 0 saturated carbocycles. The molecule has 0 bridgehead atoms. The number of carbonyl (C=O) groups excluding carboxylic acids is 1. The fourth-order valence-corrected chi connectivity index (χ4v) is 3.47. The standard InChI is InChI=1S/C16H16ClFN2OS/c17-14-10-13(18)4-3-12(14)11-19-5-7-20(8-6-19)16(21)15-2-1-9-22-15/h1-4,9-10H,5-8,11H2. The number of amides is 1. The maximum absolute atomic E-state index is 13.1. The van der Waals surface area contributed by atoms with Crippen LogP contribution in [-0.4, -0.2) is 41.9 Å². The summed E-state index contributed by atoms with van der Waals surface area (Å²) in [5.41, 5.74) is 0.918. The number of carbonyl (C=O) groups is 1. The highest BCUT2D eigenvalue weighted by atomic mass is 35.5. The smallest absolute Gasteiger partial charge is 0.264 e. The molecule has 1 aromatic heterocycles. The van der Waals surface area contributed by atoms with Crippen molar-refractivity contribution in [2.45, 2.75) is 6.54 Å². The zero-order valence-corrected chi connectivity index (χ0v) is 13.5. The van der Waals surface area contributed by atoms with E-state index in [1.807, 2.05) is 22.4 Å². The number of piperazine rings is 1. The Bertz CT molecular complexity index is 654. The summed E-state index contributed by atoms with van der Waals surface area (Å²) in [4.78, 5) is 17.2. The summed E-state index contributed by atoms with van der Waals surface area (Å²) in [6, 6.07) is 8.24. The van der Waals surface area contributed by atoms with E-state index in [1.165, 1.54) is 23.5 Å². The molecule has 0 aliphatic carbocycles. The van der Waals surface area contributed by atoms with Crippen LogP contribution in [0.1, 0.15) is 15.2 Å². The third kappa shape index (κ3) is 3.48. The molecule has 1 saturated heterocycles. The number of nitrogens with zero attached hydrogens (tertiary/aromatic N) is 2. The minimum atomic E-state index is -0.319. The van der Waals surface area contributed by atoms with Crippen molar-refractivity contribution in [3.8, 4) is 0 Å². The highest BCUT2D eigenvalue weighted by molar-refractivity contribution is 7.12. The highest BCUT2D eigenvalue weighted by Crippen LogP contribution is 2.20. The van der Waals surface area contributed by atoms with Crippen LogP contribution in [0.3, 0.4) is 0 Å². The van der Waals surface area contributed by atoms with E-state index in [9.17, 15) is 9.18 Å². The third-order valence-corrected chi connectivity index (χ3v) is 5.01. The summed E-state index contributed by atoms with van der Waals surface area (Å²) in [6.07, 6.45) is 0. The molecule has 1 aliphatic heterocycles. The molecule has 116 valence electrons. The van der Waals surface area contributed by atoms with Gasteiger partial charge >= 0.3 is 0 Å². The van der Waals surface area contributed by atoms with E-state index in [4.69, 9.17) is 11.6 Å². The molecule has 2 heterocycles. The van der Waals surface area contributed by atoms with E-state index in [2.05, 4.69) is 4.90 Å². The quantitative estimate of drug-likeness (QED) is 0.855. The lowest BCUT2D eigenvalue weighted by Crippen LogP contribution is -2.48. The van der Waals surface area contributed by atoms with Crippen LogP contribution in [0.4, 0.5) is 4.39 Å². The van der Waals surface area contributed by atoms with Gasteiger partial charge in [-0.2, -0.15) is 0 Å². The van der Waals surface area contributed by atoms with Gasteiger partial charge in [-0.15, -0.1) is 11.3 Å². The summed E-state index contributed by atoms with van der Waals surface area (Å²) in [5, 5.41) is 2.37. The number of hydrogen-bond donors (Lipinski definition) is 0. The predicted octanol–water partition coefficient (Wildman–Crippen LogP) is 3.50. The summed E-state index contributed by atoms with van der Waals surface area (Å²) >= 11 is 7.54. The van der Waals surface area contributed by atoms with E-state index in [0.717, 1.165) is 23.5 Å². The zero-order chi connectivity index (χ0) is 15.5. The molecule has 0 atom stereocenters. The molecular weight excluding hydrogens is 323 g/mol. The lowest BCUT2D eigenvalue weighted by Gasteiger charge is -2.34. The van der Waals surface area contributed by atoms with Gasteiger partial charge in [0.05, 0.1) is 4.88 Å². The second-order valence-corrected chi connectivity index (χ2v) is 6.64. The van der Waals surface area contributed by atoms with Crippen molar-refractivity contribution >= 4 is 28.8 Å². The van der Waals surface area contributed by atoms with Crippen molar-refractivity contribution in [1.82, 2.24) is 9.80 Å². The first-order valence-corrected chi connectivity index (χ1v) is 8.38. The van der Waals surface area contributed by atoms with Crippen LogP contribution in [0.5, 0.6) is 0 Å². The van der Waals surface area contributed by atoms with Gasteiger partial charge < -0.3 is 4.90 Å². The van der Waals surface area contributed by atoms with E-state index in [0.29, 0.717) is 24.7 Å². The van der Waals surface area contributed by atoms with Crippen LogP contribution < -0.4 is 0 Å². The Hall–Kier alpha value is -1.43. The molecule has 0 spiro atoms. The minimum Gasteiger partial charge on any atom is -0.335 e. The molecule has 0 radical (unpaired) electrons. The second-order valence-electron chi connectivity index (χ2n) is 5.28. The number of hydrogen-bond acceptors (Lipinski definition) is 3. The largest absolute Gasteiger partial charge is 0.335 e. The Balaban J connectivity index is 1.56. The van der Waals surface area contributed by atoms with Crippen LogP contribution in [0.2, 0.25) is 5.02 Å². The van der Waals surface area contributed by atoms with Crippen molar-refractivity contribution in [3.05, 3.63) is 57.0 Å². The summed E-state index contributed by atoms with van der Waals surface area (Å²) in [6.45, 7) is 3.68. The van der Waals surface area contributed by atoms with Crippen molar-refractivity contribution in [1.29, 1.82) is 0 Å². The first-order chi connectivity index (χ1) is 10.6. The van der Waals surface area contributed by atoms with E-state index in [-0.39, 0.29) is 11.7 Å². The summed E-state index contributed by atoms with van der Waals surface area (Å²) in [7, 11) is 0. The normalized spacial score (nSPS) is 16.0. The van der Waals surface area contributed by atoms with Crippen molar-refractivity contribution < 1.29 is 9.18 Å². The molecule has 1 amide bonds. The van der Waals surface area contributed by atoms with Gasteiger partial charge in [0.25, 0.3) is 5.91 Å². The molecule has 1 aliphatic rings. The fraction of sp³-hybridized carbons (Fsp3) is 0.312. The molecule has 3 nitrogen and oxygen atoms in total. The van der Waals surface area contributed by atoms with Gasteiger partial charge in [0.1, 0.15) is 5.82 Å². The molecular formula is C16H16ClFN2OS. The van der Waals surface area contributed by atoms with E-state index < -0.39 is 0 Å². The highest BCUT2D eigenvalue weighted by Gasteiger charge is 2.23. The number of halogens is 2. The molecule has 1 aromatic carbocycles. The number of rotatable bonds is 3. The van der Waals surface area contributed by atoms with Crippen LogP contribution in [-0.2, 0) is 6.54 Å². The van der Waals surface area contributed by atoms with Gasteiger partial charge in [-0.1, -0.05) is 23.7 Å². The zero-order valence-electron chi connectivity index (χ0n) is 12.0. The van der Waals surface area contributed by atoms with Gasteiger partial charge in [0, 0.05) is 37.7 Å². The minimum absolute atomic E-state index is 0.106. The number of benzene rings is 1. The van der Waals surface area contributed by atoms with Gasteiger partial charge in [0.15, 0.2) is 0 Å². The van der Waals surface area contributed by atoms with E-state index >= 15 is 0 Å². The molecule has 6 heteroatoms. The molecule has 0 N–H and O–H groups in total. The summed E-state index contributed by atoms with van der Waals surface area (Å²) in [5.74, 6) is -0.213. The first-order valence-electron chi connectivity index (χ1n) is 7.12. The molecule has 3 rings (SSSR count). The SMILES string of the molecule is O=C(c1cccs1)N1CCN(Cc2ccc(F)cc2Cl)CC1. The van der Waals surface area contributed by atoms with Gasteiger partial charge in [0.2, 0.25) is 0 Å². The van der Waals surface area contributed by atoms with Gasteiger partial charge in [-0.05, 0) is 29.1 Å². The average molecular weight is 339 g/mol. The fourth-order valence-electron chi connectivity index (χ4n) is 2.56. The molecule has 1 fully saturated rings. The average Bonchev–Trinajstić information content (AvgIpc) is 3.04. The number of thiophene rings is 1. The third-order valence-electron chi connectivity index (χ3n) is 3.80. The Labute approximate surface area is 137 Å². The van der Waals surface area contributed by atoms with Crippen molar-refractivity contribution in [2.24, 2.45) is 0 Å². The first kappa shape index (κ1) is 15.5. The van der Waals surface area contributed by atoms with Gasteiger partial charge in [-0.3, -0.25) is 9.69 Å². The van der Waals surface area contributed by atoms with Crippen LogP contribution in [0, 0.1) is 5.82 Å². The monoisotopic (exact) mass is 338 g/mol. The van der Waals surface area contributed by atoms with Crippen LogP contribution in [0.25, 0.3) is 0 Å². The maximum atomic E-state index is 13.1. The Morgan fingerprint density at radius 3 is 2.64 bits per heavy atom. The lowest BCUT2D eigenvalue weighted by molar-refractivity contribution is 0.0633. The van der Waals surface area contributed by atoms with E-state index in [1.54, 1.807) is 6.07 Å². The van der Waals surface area contributed by atoms with Crippen LogP contribution in [0.15, 0.2) is 35.7 Å². The summed E-state index contributed by atoms with van der Waals surface area (Å²) < 4.78 is 13.1. The second kappa shape index (κ2) is 6.77. The van der Waals surface area contributed by atoms with Crippen molar-refractivity contribution in [2.75, 3.05) is 26.2 Å². The van der Waals surface area contributed by atoms with Crippen LogP contribution >= 0.6 is 22.9 Å².